The number of carboxylic acid groups (broad SMARTS) is 1. The predicted molar refractivity (Wildman–Crippen MR) is 130 cm³/mol. The topological polar surface area (TPSA) is 76.6 Å². The lowest BCUT2D eigenvalue weighted by Gasteiger charge is -2.32. The van der Waals surface area contributed by atoms with Crippen molar-refractivity contribution >= 4 is 23.4 Å². The fraction of sp³-hybridized carbons (Fsp3) is 0.462. The van der Waals surface area contributed by atoms with Crippen LogP contribution in [-0.4, -0.2) is 66.5 Å². The fourth-order valence-electron chi connectivity index (χ4n) is 6.15. The van der Waals surface area contributed by atoms with E-state index in [0.29, 0.717) is 12.2 Å². The van der Waals surface area contributed by atoms with E-state index < -0.39 is 12.1 Å². The van der Waals surface area contributed by atoms with Crippen LogP contribution in [0.3, 0.4) is 0 Å². The van der Waals surface area contributed by atoms with Gasteiger partial charge in [0.2, 0.25) is 0 Å². The minimum absolute atomic E-state index is 0.0881. The average molecular weight is 465 g/mol. The van der Waals surface area contributed by atoms with E-state index in [-0.39, 0.29) is 30.0 Å². The molecule has 8 nitrogen and oxygen atoms in total. The molecule has 1 N–H and O–H groups in total. The van der Waals surface area contributed by atoms with Crippen molar-refractivity contribution in [2.75, 3.05) is 37.0 Å². The van der Waals surface area contributed by atoms with Crippen molar-refractivity contribution in [2.45, 2.75) is 44.5 Å². The third-order valence-electron chi connectivity index (χ3n) is 7.80. The molecule has 0 saturated carbocycles. The molecular formula is C26H32N4O4. The molecule has 2 unspecified atom stereocenters. The minimum Gasteiger partial charge on any atom is -0.465 e. The molecule has 2 aromatic carbocycles. The van der Waals surface area contributed by atoms with Gasteiger partial charge >= 0.3 is 6.09 Å². The van der Waals surface area contributed by atoms with Crippen molar-refractivity contribution in [2.24, 2.45) is 5.92 Å². The van der Waals surface area contributed by atoms with Gasteiger partial charge in [0, 0.05) is 36.3 Å². The Morgan fingerprint density at radius 1 is 1.21 bits per heavy atom. The molecule has 0 bridgehead atoms. The van der Waals surface area contributed by atoms with Gasteiger partial charge in [-0.3, -0.25) is 19.4 Å². The van der Waals surface area contributed by atoms with Crippen molar-refractivity contribution in [3.63, 3.8) is 0 Å². The third-order valence-corrected chi connectivity index (χ3v) is 7.80. The molecule has 2 aromatic rings. The van der Waals surface area contributed by atoms with Gasteiger partial charge < -0.3 is 10.0 Å². The quantitative estimate of drug-likeness (QED) is 0.730. The maximum absolute atomic E-state index is 13.3. The van der Waals surface area contributed by atoms with Crippen LogP contribution in [0.25, 0.3) is 0 Å². The van der Waals surface area contributed by atoms with Crippen molar-refractivity contribution in [1.29, 1.82) is 0 Å². The Labute approximate surface area is 200 Å². The van der Waals surface area contributed by atoms with Crippen LogP contribution in [0.4, 0.5) is 16.2 Å². The molecule has 0 radical (unpaired) electrons. The highest BCUT2D eigenvalue weighted by Crippen LogP contribution is 2.52. The molecule has 3 heterocycles. The number of likely N-dealkylation sites (N-methyl/N-ethyl adjacent to an activating group) is 2. The second kappa shape index (κ2) is 8.29. The predicted octanol–water partition coefficient (Wildman–Crippen LogP) is 3.52. The lowest BCUT2D eigenvalue weighted by Crippen LogP contribution is -2.47. The summed E-state index contributed by atoms with van der Waals surface area (Å²) in [7, 11) is 4.22. The zero-order valence-corrected chi connectivity index (χ0v) is 20.1. The van der Waals surface area contributed by atoms with Crippen LogP contribution in [0, 0.1) is 5.92 Å². The molecule has 0 spiro atoms. The molecule has 2 amide bonds. The minimum atomic E-state index is -1.13. The molecule has 2 saturated heterocycles. The normalized spacial score (nSPS) is 28.4. The van der Waals surface area contributed by atoms with E-state index in [9.17, 15) is 14.7 Å². The number of carbonyl (C=O) groups is 2. The number of nitrogens with zero attached hydrogens (tertiary/aromatic N) is 4. The first kappa shape index (κ1) is 22.7. The highest BCUT2D eigenvalue weighted by Gasteiger charge is 2.53. The summed E-state index contributed by atoms with van der Waals surface area (Å²) in [5, 5.41) is 11.5. The van der Waals surface area contributed by atoms with Crippen molar-refractivity contribution in [3.05, 3.63) is 59.7 Å². The van der Waals surface area contributed by atoms with Crippen LogP contribution in [-0.2, 0) is 21.7 Å². The summed E-state index contributed by atoms with van der Waals surface area (Å²) < 4.78 is 0. The van der Waals surface area contributed by atoms with Gasteiger partial charge in [-0.15, -0.1) is 0 Å². The number of fused-ring (bicyclic) bond motifs is 3. The maximum Gasteiger partial charge on any atom is 0.412 e. The largest absolute Gasteiger partial charge is 0.465 e. The molecule has 34 heavy (non-hydrogen) atoms. The van der Waals surface area contributed by atoms with Crippen molar-refractivity contribution in [3.8, 4) is 0 Å². The van der Waals surface area contributed by atoms with Crippen LogP contribution in [0.5, 0.6) is 0 Å². The van der Waals surface area contributed by atoms with E-state index in [1.165, 1.54) is 9.96 Å². The second-order valence-electron chi connectivity index (χ2n) is 10.1. The molecule has 4 atom stereocenters. The summed E-state index contributed by atoms with van der Waals surface area (Å²) in [6.45, 7) is 5.75. The van der Waals surface area contributed by atoms with E-state index in [1.54, 1.807) is 0 Å². The van der Waals surface area contributed by atoms with Crippen LogP contribution in [0.15, 0.2) is 48.5 Å². The number of hydrogen-bond donors (Lipinski definition) is 1. The van der Waals surface area contributed by atoms with E-state index in [4.69, 9.17) is 4.84 Å². The van der Waals surface area contributed by atoms with E-state index in [1.807, 2.05) is 55.5 Å². The summed E-state index contributed by atoms with van der Waals surface area (Å²) in [5.41, 5.74) is 3.66. The van der Waals surface area contributed by atoms with Crippen LogP contribution < -0.4 is 9.80 Å². The molecule has 0 aliphatic carbocycles. The van der Waals surface area contributed by atoms with Crippen molar-refractivity contribution in [1.82, 2.24) is 9.96 Å². The Hall–Kier alpha value is -3.10. The maximum atomic E-state index is 13.3. The number of amides is 2. The third kappa shape index (κ3) is 3.44. The fourth-order valence-corrected chi connectivity index (χ4v) is 6.15. The summed E-state index contributed by atoms with van der Waals surface area (Å²) >= 11 is 0. The lowest BCUT2D eigenvalue weighted by atomic mass is 9.81. The second-order valence-corrected chi connectivity index (χ2v) is 10.1. The number of rotatable bonds is 5. The molecule has 3 aliphatic rings. The molecule has 0 aromatic heterocycles. The average Bonchev–Trinajstić information content (AvgIpc) is 3.36. The number of likely N-dealkylation sites (tertiary alicyclic amines) is 1. The number of benzene rings is 2. The summed E-state index contributed by atoms with van der Waals surface area (Å²) in [4.78, 5) is 37.4. The van der Waals surface area contributed by atoms with Crippen LogP contribution in [0.2, 0.25) is 0 Å². The number of hydroxylamine groups is 2. The number of hydrogen-bond acceptors (Lipinski definition) is 5. The lowest BCUT2D eigenvalue weighted by molar-refractivity contribution is -0.183. The summed E-state index contributed by atoms with van der Waals surface area (Å²) in [6.07, 6.45) is 0.110. The van der Waals surface area contributed by atoms with E-state index in [0.717, 1.165) is 29.8 Å². The van der Waals surface area contributed by atoms with Gasteiger partial charge in [0.05, 0.1) is 12.7 Å². The Balaban J connectivity index is 1.42. The molecule has 8 heteroatoms. The molecule has 2 fully saturated rings. The highest BCUT2D eigenvalue weighted by molar-refractivity contribution is 5.98. The first-order chi connectivity index (χ1) is 16.2. The summed E-state index contributed by atoms with van der Waals surface area (Å²) in [5.74, 6) is -0.538. The highest BCUT2D eigenvalue weighted by atomic mass is 16.7. The molecule has 180 valence electrons. The Bertz CT molecular complexity index is 1110. The Kier molecular flexibility index (Phi) is 5.53. The van der Waals surface area contributed by atoms with Crippen LogP contribution >= 0.6 is 0 Å². The van der Waals surface area contributed by atoms with Gasteiger partial charge in [-0.05, 0) is 42.8 Å². The van der Waals surface area contributed by atoms with Gasteiger partial charge in [-0.2, -0.15) is 0 Å². The van der Waals surface area contributed by atoms with Gasteiger partial charge in [-0.1, -0.05) is 44.2 Å². The molecular weight excluding hydrogens is 432 g/mol. The smallest absolute Gasteiger partial charge is 0.412 e. The molecule has 5 rings (SSSR count). The zero-order chi connectivity index (χ0) is 24.2. The zero-order valence-electron chi connectivity index (χ0n) is 20.1. The SMILES string of the molecule is CC1CN(OCc2ccccc2)C(=O)C1N(C(=O)O)c1ccc2c(c1)[C@]1(C)CCN(C)[C@@H]1N2C. The Morgan fingerprint density at radius 2 is 1.94 bits per heavy atom. The van der Waals surface area contributed by atoms with Gasteiger partial charge in [0.25, 0.3) is 5.91 Å². The van der Waals surface area contributed by atoms with E-state index >= 15 is 0 Å². The first-order valence-electron chi connectivity index (χ1n) is 11.8. The van der Waals surface area contributed by atoms with Crippen LogP contribution in [0.1, 0.15) is 31.4 Å². The summed E-state index contributed by atoms with van der Waals surface area (Å²) in [6, 6.07) is 14.6. The van der Waals surface area contributed by atoms with Gasteiger partial charge in [0.15, 0.2) is 0 Å². The standard InChI is InChI=1S/C26H32N4O4/c1-17-15-29(34-16-18-8-6-5-7-9-18)23(31)22(17)30(25(32)33)19-10-11-21-20(14-19)26(2)12-13-27(3)24(26)28(21)4/h5-11,14,17,22,24H,12-13,15-16H2,1-4H3,(H,32,33)/t17?,22?,24-,26+/m1/s1. The van der Waals surface area contributed by atoms with Gasteiger partial charge in [-0.25, -0.2) is 9.86 Å². The Morgan fingerprint density at radius 3 is 2.65 bits per heavy atom. The monoisotopic (exact) mass is 464 g/mol. The van der Waals surface area contributed by atoms with Crippen molar-refractivity contribution < 1.29 is 19.5 Å². The number of carbonyl (C=O) groups excluding carboxylic acids is 1. The van der Waals surface area contributed by atoms with Gasteiger partial charge in [0.1, 0.15) is 12.6 Å². The van der Waals surface area contributed by atoms with E-state index in [2.05, 4.69) is 30.8 Å². The first-order valence-corrected chi connectivity index (χ1v) is 11.8. The molecule has 3 aliphatic heterocycles. The number of anilines is 2.